The Balaban J connectivity index is 2.21. The van der Waals surface area contributed by atoms with Crippen LogP contribution in [0.3, 0.4) is 0 Å². The second-order valence-corrected chi connectivity index (χ2v) is 4.16. The smallest absolute Gasteiger partial charge is 0.329 e. The van der Waals surface area contributed by atoms with E-state index in [0.717, 1.165) is 6.42 Å². The molecule has 0 aliphatic heterocycles. The van der Waals surface area contributed by atoms with Gasteiger partial charge in [-0.05, 0) is 31.4 Å². The molecule has 1 aromatic rings. The van der Waals surface area contributed by atoms with E-state index in [4.69, 9.17) is 10.8 Å². The predicted molar refractivity (Wildman–Crippen MR) is 60.6 cm³/mol. The molecule has 0 spiro atoms. The van der Waals surface area contributed by atoms with E-state index >= 15 is 0 Å². The average molecular weight is 235 g/mol. The molecule has 0 atom stereocenters. The van der Waals surface area contributed by atoms with Gasteiger partial charge in [-0.3, -0.25) is 9.78 Å². The zero-order valence-electron chi connectivity index (χ0n) is 9.14. The van der Waals surface area contributed by atoms with E-state index in [1.165, 1.54) is 12.3 Å². The van der Waals surface area contributed by atoms with Crippen LogP contribution in [-0.2, 0) is 4.79 Å². The number of rotatable bonds is 4. The Morgan fingerprint density at radius 2 is 2.18 bits per heavy atom. The third-order valence-corrected chi connectivity index (χ3v) is 3.01. The summed E-state index contributed by atoms with van der Waals surface area (Å²) in [4.78, 5) is 25.9. The largest absolute Gasteiger partial charge is 0.480 e. The van der Waals surface area contributed by atoms with Crippen molar-refractivity contribution in [1.29, 1.82) is 0 Å². The summed E-state index contributed by atoms with van der Waals surface area (Å²) in [5, 5.41) is 12.1. The first-order valence-electron chi connectivity index (χ1n) is 5.31. The van der Waals surface area contributed by atoms with Crippen LogP contribution in [0.1, 0.15) is 29.8 Å². The molecule has 6 nitrogen and oxygen atoms in total. The lowest BCUT2D eigenvalue weighted by atomic mass is 9.76. The van der Waals surface area contributed by atoms with Gasteiger partial charge in [0.1, 0.15) is 11.2 Å². The van der Waals surface area contributed by atoms with Gasteiger partial charge >= 0.3 is 5.97 Å². The maximum Gasteiger partial charge on any atom is 0.329 e. The lowest BCUT2D eigenvalue weighted by molar-refractivity contribution is -0.145. The van der Waals surface area contributed by atoms with Crippen LogP contribution < -0.4 is 11.1 Å². The van der Waals surface area contributed by atoms with Gasteiger partial charge in [0.2, 0.25) is 0 Å². The number of primary amides is 1. The van der Waals surface area contributed by atoms with Crippen LogP contribution in [0.15, 0.2) is 18.3 Å². The highest BCUT2D eigenvalue weighted by molar-refractivity contribution is 5.92. The number of pyridine rings is 1. The van der Waals surface area contributed by atoms with Crippen molar-refractivity contribution >= 4 is 17.6 Å². The molecule has 6 heteroatoms. The molecular formula is C11H13N3O3. The van der Waals surface area contributed by atoms with Gasteiger partial charge in [0.15, 0.2) is 0 Å². The van der Waals surface area contributed by atoms with Crippen molar-refractivity contribution < 1.29 is 14.7 Å². The van der Waals surface area contributed by atoms with Crippen molar-refractivity contribution in [2.75, 3.05) is 5.32 Å². The maximum absolute atomic E-state index is 11.2. The van der Waals surface area contributed by atoms with Crippen molar-refractivity contribution in [1.82, 2.24) is 4.98 Å². The number of aliphatic carboxylic acids is 1. The lowest BCUT2D eigenvalue weighted by Crippen LogP contribution is -2.52. The summed E-state index contributed by atoms with van der Waals surface area (Å²) in [6.07, 6.45) is 3.47. The first kappa shape index (κ1) is 11.4. The molecule has 0 aromatic carbocycles. The van der Waals surface area contributed by atoms with Gasteiger partial charge in [0.25, 0.3) is 5.91 Å². The van der Waals surface area contributed by atoms with Crippen LogP contribution in [0, 0.1) is 0 Å². The Labute approximate surface area is 97.8 Å². The van der Waals surface area contributed by atoms with Crippen molar-refractivity contribution in [3.63, 3.8) is 0 Å². The Morgan fingerprint density at radius 1 is 1.47 bits per heavy atom. The molecule has 90 valence electrons. The molecule has 0 saturated heterocycles. The molecule has 0 radical (unpaired) electrons. The number of carbonyl (C=O) groups is 2. The fraction of sp³-hybridized carbons (Fsp3) is 0.364. The number of carbonyl (C=O) groups excluding carboxylic acids is 1. The minimum Gasteiger partial charge on any atom is -0.480 e. The first-order chi connectivity index (χ1) is 8.03. The van der Waals surface area contributed by atoms with E-state index in [1.54, 1.807) is 6.07 Å². The SMILES string of the molecule is NC(=O)c1cc(NC2(C(=O)O)CCC2)ccn1. The molecule has 1 aliphatic rings. The molecule has 1 amide bonds. The van der Waals surface area contributed by atoms with Crippen molar-refractivity contribution in [2.45, 2.75) is 24.8 Å². The predicted octanol–water partition coefficient (Wildman–Crippen LogP) is 0.600. The van der Waals surface area contributed by atoms with Crippen molar-refractivity contribution in [2.24, 2.45) is 5.73 Å². The fourth-order valence-electron chi connectivity index (χ4n) is 1.84. The Morgan fingerprint density at radius 3 is 2.65 bits per heavy atom. The molecular weight excluding hydrogens is 222 g/mol. The number of carboxylic acid groups (broad SMARTS) is 1. The van der Waals surface area contributed by atoms with E-state index in [1.807, 2.05) is 0 Å². The summed E-state index contributed by atoms with van der Waals surface area (Å²) in [6, 6.07) is 3.08. The molecule has 2 rings (SSSR count). The summed E-state index contributed by atoms with van der Waals surface area (Å²) in [5.74, 6) is -1.51. The van der Waals surface area contributed by atoms with Gasteiger partial charge in [0, 0.05) is 11.9 Å². The second kappa shape index (κ2) is 4.04. The number of amides is 1. The average Bonchev–Trinajstić information content (AvgIpc) is 2.23. The number of nitrogens with zero attached hydrogens (tertiary/aromatic N) is 1. The molecule has 1 aromatic heterocycles. The Hall–Kier alpha value is -2.11. The number of aromatic nitrogens is 1. The van der Waals surface area contributed by atoms with Crippen molar-refractivity contribution in [3.05, 3.63) is 24.0 Å². The van der Waals surface area contributed by atoms with E-state index in [0.29, 0.717) is 18.5 Å². The van der Waals surface area contributed by atoms with E-state index < -0.39 is 17.4 Å². The maximum atomic E-state index is 11.2. The van der Waals surface area contributed by atoms with Gasteiger partial charge in [0.05, 0.1) is 0 Å². The van der Waals surface area contributed by atoms with E-state index in [-0.39, 0.29) is 5.69 Å². The summed E-state index contributed by atoms with van der Waals surface area (Å²) in [7, 11) is 0. The minimum absolute atomic E-state index is 0.120. The molecule has 0 bridgehead atoms. The summed E-state index contributed by atoms with van der Waals surface area (Å²) in [5.41, 5.74) is 4.87. The van der Waals surface area contributed by atoms with E-state index in [2.05, 4.69) is 10.3 Å². The molecule has 1 aliphatic carbocycles. The number of nitrogens with one attached hydrogen (secondary N) is 1. The van der Waals surface area contributed by atoms with Gasteiger partial charge in [-0.25, -0.2) is 4.79 Å². The standard InChI is InChI=1S/C11H13N3O3/c12-9(15)8-6-7(2-5-13-8)14-11(10(16)17)3-1-4-11/h2,5-6H,1,3-4H2,(H2,12,15)(H,13,14)(H,16,17). The molecule has 1 fully saturated rings. The number of hydrogen-bond acceptors (Lipinski definition) is 4. The topological polar surface area (TPSA) is 105 Å². The van der Waals surface area contributed by atoms with Crippen LogP contribution >= 0.6 is 0 Å². The van der Waals surface area contributed by atoms with Gasteiger partial charge in [-0.15, -0.1) is 0 Å². The van der Waals surface area contributed by atoms with Gasteiger partial charge in [-0.2, -0.15) is 0 Å². The molecule has 1 saturated carbocycles. The van der Waals surface area contributed by atoms with Crippen LogP contribution in [-0.4, -0.2) is 27.5 Å². The quantitative estimate of drug-likeness (QED) is 0.708. The van der Waals surface area contributed by atoms with Crippen LogP contribution in [0.25, 0.3) is 0 Å². The Bertz CT molecular complexity index is 469. The van der Waals surface area contributed by atoms with Crippen molar-refractivity contribution in [3.8, 4) is 0 Å². The van der Waals surface area contributed by atoms with Crippen LogP contribution in [0.4, 0.5) is 5.69 Å². The molecule has 4 N–H and O–H groups in total. The summed E-state index contributed by atoms with van der Waals surface area (Å²) < 4.78 is 0. The van der Waals surface area contributed by atoms with E-state index in [9.17, 15) is 9.59 Å². The highest BCUT2D eigenvalue weighted by Gasteiger charge is 2.44. The zero-order valence-corrected chi connectivity index (χ0v) is 9.14. The monoisotopic (exact) mass is 235 g/mol. The minimum atomic E-state index is -0.906. The number of nitrogens with two attached hydrogens (primary N) is 1. The zero-order chi connectivity index (χ0) is 12.5. The number of carboxylic acids is 1. The summed E-state index contributed by atoms with van der Waals surface area (Å²) >= 11 is 0. The molecule has 1 heterocycles. The fourth-order valence-corrected chi connectivity index (χ4v) is 1.84. The molecule has 17 heavy (non-hydrogen) atoms. The third-order valence-electron chi connectivity index (χ3n) is 3.01. The number of hydrogen-bond donors (Lipinski definition) is 3. The molecule has 0 unspecified atom stereocenters. The van der Waals surface area contributed by atoms with Gasteiger partial charge < -0.3 is 16.2 Å². The first-order valence-corrected chi connectivity index (χ1v) is 5.31. The van der Waals surface area contributed by atoms with Crippen LogP contribution in [0.5, 0.6) is 0 Å². The van der Waals surface area contributed by atoms with Crippen LogP contribution in [0.2, 0.25) is 0 Å². The number of anilines is 1. The summed E-state index contributed by atoms with van der Waals surface area (Å²) in [6.45, 7) is 0. The highest BCUT2D eigenvalue weighted by Crippen LogP contribution is 2.35. The lowest BCUT2D eigenvalue weighted by Gasteiger charge is -2.39. The highest BCUT2D eigenvalue weighted by atomic mass is 16.4. The Kier molecular flexibility index (Phi) is 2.71. The second-order valence-electron chi connectivity index (χ2n) is 4.16. The third kappa shape index (κ3) is 2.06. The van der Waals surface area contributed by atoms with Gasteiger partial charge in [-0.1, -0.05) is 0 Å². The normalized spacial score (nSPS) is 16.9.